The van der Waals surface area contributed by atoms with Crippen LogP contribution in [0.25, 0.3) is 11.1 Å². The number of hydrogen-bond donors (Lipinski definition) is 1. The summed E-state index contributed by atoms with van der Waals surface area (Å²) in [7, 11) is -3.68. The van der Waals surface area contributed by atoms with Crippen LogP contribution in [-0.4, -0.2) is 14.6 Å². The second-order valence-electron chi connectivity index (χ2n) is 6.11. The summed E-state index contributed by atoms with van der Waals surface area (Å²) in [5, 5.41) is 3.90. The summed E-state index contributed by atoms with van der Waals surface area (Å²) >= 11 is 0. The largest absolute Gasteiger partial charge is 0.276 e. The van der Waals surface area contributed by atoms with Crippen molar-refractivity contribution in [1.82, 2.24) is 4.83 Å². The van der Waals surface area contributed by atoms with Crippen molar-refractivity contribution in [2.24, 2.45) is 5.10 Å². The zero-order valence-corrected chi connectivity index (χ0v) is 15.5. The van der Waals surface area contributed by atoms with E-state index in [9.17, 15) is 8.42 Å². The molecule has 5 heteroatoms. The molecule has 0 bridgehead atoms. The van der Waals surface area contributed by atoms with E-state index in [0.29, 0.717) is 5.56 Å². The summed E-state index contributed by atoms with van der Waals surface area (Å²) in [6.45, 7) is 3.62. The minimum absolute atomic E-state index is 0.245. The molecule has 0 amide bonds. The van der Waals surface area contributed by atoms with E-state index < -0.39 is 10.0 Å². The van der Waals surface area contributed by atoms with Crippen molar-refractivity contribution in [2.75, 3.05) is 0 Å². The van der Waals surface area contributed by atoms with Crippen molar-refractivity contribution >= 4 is 16.2 Å². The highest BCUT2D eigenvalue weighted by atomic mass is 32.2. The molecule has 0 unspecified atom stereocenters. The quantitative estimate of drug-likeness (QED) is 0.542. The zero-order chi connectivity index (χ0) is 18.6. The maximum absolute atomic E-state index is 12.4. The average molecular weight is 364 g/mol. The minimum atomic E-state index is -3.68. The van der Waals surface area contributed by atoms with Crippen molar-refractivity contribution in [1.29, 1.82) is 0 Å². The molecular formula is C21H20N2O2S. The van der Waals surface area contributed by atoms with Gasteiger partial charge in [0.1, 0.15) is 0 Å². The summed E-state index contributed by atoms with van der Waals surface area (Å²) in [5.74, 6) is 0. The van der Waals surface area contributed by atoms with Gasteiger partial charge in [-0.15, -0.1) is 0 Å². The number of hydrogen-bond acceptors (Lipinski definition) is 3. The lowest BCUT2D eigenvalue weighted by molar-refractivity contribution is 0.584. The third-order valence-electron chi connectivity index (χ3n) is 4.04. The third kappa shape index (κ3) is 4.18. The van der Waals surface area contributed by atoms with Crippen LogP contribution >= 0.6 is 0 Å². The normalized spacial score (nSPS) is 11.6. The minimum Gasteiger partial charge on any atom is -0.200 e. The van der Waals surface area contributed by atoms with Crippen LogP contribution in [0.3, 0.4) is 0 Å². The molecule has 0 spiro atoms. The molecule has 3 aromatic rings. The second-order valence-corrected chi connectivity index (χ2v) is 7.74. The first kappa shape index (κ1) is 17.9. The van der Waals surface area contributed by atoms with Crippen LogP contribution in [0.15, 0.2) is 82.8 Å². The van der Waals surface area contributed by atoms with Crippen molar-refractivity contribution in [3.05, 3.63) is 89.5 Å². The van der Waals surface area contributed by atoms with Gasteiger partial charge in [0.2, 0.25) is 0 Å². The molecule has 0 atom stereocenters. The van der Waals surface area contributed by atoms with Gasteiger partial charge in [0, 0.05) is 0 Å². The average Bonchev–Trinajstić information content (AvgIpc) is 2.65. The van der Waals surface area contributed by atoms with Crippen LogP contribution in [0.5, 0.6) is 0 Å². The Morgan fingerprint density at radius 3 is 2.19 bits per heavy atom. The van der Waals surface area contributed by atoms with Crippen LogP contribution in [0.2, 0.25) is 0 Å². The van der Waals surface area contributed by atoms with Gasteiger partial charge in [-0.05, 0) is 47.7 Å². The number of sulfonamides is 1. The monoisotopic (exact) mass is 364 g/mol. The summed E-state index contributed by atoms with van der Waals surface area (Å²) < 4.78 is 24.8. The highest BCUT2D eigenvalue weighted by Crippen LogP contribution is 2.19. The molecule has 26 heavy (non-hydrogen) atoms. The van der Waals surface area contributed by atoms with E-state index in [4.69, 9.17) is 0 Å². The van der Waals surface area contributed by atoms with E-state index in [1.807, 2.05) is 67.6 Å². The Kier molecular flexibility index (Phi) is 5.19. The first-order chi connectivity index (χ1) is 12.5. The SMILES string of the molecule is Cc1ccc(C)c(S(=O)(=O)NN=Cc2ccc(-c3ccccc3)cc2)c1. The lowest BCUT2D eigenvalue weighted by atomic mass is 10.0. The van der Waals surface area contributed by atoms with E-state index in [2.05, 4.69) is 9.93 Å². The van der Waals surface area contributed by atoms with Gasteiger partial charge >= 0.3 is 0 Å². The lowest BCUT2D eigenvalue weighted by Crippen LogP contribution is -2.19. The van der Waals surface area contributed by atoms with Crippen LogP contribution in [0.1, 0.15) is 16.7 Å². The summed E-state index contributed by atoms with van der Waals surface area (Å²) in [6, 6.07) is 23.1. The Morgan fingerprint density at radius 1 is 0.846 bits per heavy atom. The highest BCUT2D eigenvalue weighted by molar-refractivity contribution is 7.89. The van der Waals surface area contributed by atoms with Crippen molar-refractivity contribution in [3.8, 4) is 11.1 Å². The number of nitrogens with zero attached hydrogens (tertiary/aromatic N) is 1. The Balaban J connectivity index is 1.73. The van der Waals surface area contributed by atoms with Crippen molar-refractivity contribution < 1.29 is 8.42 Å². The van der Waals surface area contributed by atoms with Gasteiger partial charge in [-0.25, -0.2) is 4.83 Å². The molecule has 0 fully saturated rings. The molecule has 0 saturated heterocycles. The van der Waals surface area contributed by atoms with Crippen LogP contribution < -0.4 is 4.83 Å². The number of benzene rings is 3. The number of nitrogens with one attached hydrogen (secondary N) is 1. The molecule has 0 radical (unpaired) electrons. The fourth-order valence-electron chi connectivity index (χ4n) is 2.61. The number of hydrazone groups is 1. The van der Waals surface area contributed by atoms with Gasteiger partial charge in [-0.3, -0.25) is 0 Å². The predicted octanol–water partition coefficient (Wildman–Crippen LogP) is 4.28. The molecule has 0 saturated carbocycles. The maximum Gasteiger partial charge on any atom is 0.276 e. The van der Waals surface area contributed by atoms with E-state index in [1.54, 1.807) is 19.1 Å². The Bertz CT molecular complexity index is 1030. The van der Waals surface area contributed by atoms with Gasteiger partial charge in [-0.2, -0.15) is 13.5 Å². The molecule has 0 aromatic heterocycles. The number of rotatable bonds is 5. The fourth-order valence-corrected chi connectivity index (χ4v) is 3.73. The first-order valence-electron chi connectivity index (χ1n) is 8.23. The highest BCUT2D eigenvalue weighted by Gasteiger charge is 2.15. The summed E-state index contributed by atoms with van der Waals surface area (Å²) in [6.07, 6.45) is 1.50. The molecular weight excluding hydrogens is 344 g/mol. The molecule has 0 aliphatic rings. The van der Waals surface area contributed by atoms with Crippen molar-refractivity contribution in [2.45, 2.75) is 18.7 Å². The molecule has 0 heterocycles. The predicted molar refractivity (Wildman–Crippen MR) is 106 cm³/mol. The molecule has 3 rings (SSSR count). The second kappa shape index (κ2) is 7.54. The lowest BCUT2D eigenvalue weighted by Gasteiger charge is -2.07. The van der Waals surface area contributed by atoms with Gasteiger partial charge in [0.25, 0.3) is 10.0 Å². The topological polar surface area (TPSA) is 58.5 Å². The zero-order valence-electron chi connectivity index (χ0n) is 14.7. The fraction of sp³-hybridized carbons (Fsp3) is 0.0952. The molecule has 0 aliphatic carbocycles. The van der Waals surface area contributed by atoms with Gasteiger partial charge < -0.3 is 0 Å². The van der Waals surface area contributed by atoms with Crippen LogP contribution in [0, 0.1) is 13.8 Å². The van der Waals surface area contributed by atoms with Gasteiger partial charge in [0.05, 0.1) is 11.1 Å². The Hall–Kier alpha value is -2.92. The third-order valence-corrected chi connectivity index (χ3v) is 5.40. The van der Waals surface area contributed by atoms with Gasteiger partial charge in [-0.1, -0.05) is 66.7 Å². The van der Waals surface area contributed by atoms with Crippen LogP contribution in [-0.2, 0) is 10.0 Å². The summed E-state index contributed by atoms with van der Waals surface area (Å²) in [5.41, 5.74) is 4.61. The first-order valence-corrected chi connectivity index (χ1v) is 9.72. The molecule has 3 aromatic carbocycles. The standard InChI is InChI=1S/C21H20N2O2S/c1-16-8-9-17(2)21(14-16)26(24,25)23-22-15-18-10-12-20(13-11-18)19-6-4-3-5-7-19/h3-15,23H,1-2H3. The van der Waals surface area contributed by atoms with Crippen LogP contribution in [0.4, 0.5) is 0 Å². The van der Waals surface area contributed by atoms with E-state index in [1.165, 1.54) is 6.21 Å². The molecule has 0 aliphatic heterocycles. The molecule has 132 valence electrons. The van der Waals surface area contributed by atoms with Crippen molar-refractivity contribution in [3.63, 3.8) is 0 Å². The van der Waals surface area contributed by atoms with Gasteiger partial charge in [0.15, 0.2) is 0 Å². The smallest absolute Gasteiger partial charge is 0.200 e. The maximum atomic E-state index is 12.4. The molecule has 1 N–H and O–H groups in total. The number of aryl methyl sites for hydroxylation is 2. The Labute approximate surface area is 154 Å². The van der Waals surface area contributed by atoms with E-state index >= 15 is 0 Å². The molecule has 4 nitrogen and oxygen atoms in total. The van der Waals surface area contributed by atoms with E-state index in [-0.39, 0.29) is 4.90 Å². The Morgan fingerprint density at radius 2 is 1.50 bits per heavy atom. The summed E-state index contributed by atoms with van der Waals surface area (Å²) in [4.78, 5) is 2.52. The van der Waals surface area contributed by atoms with E-state index in [0.717, 1.165) is 22.3 Å².